The van der Waals surface area contributed by atoms with E-state index in [1.807, 2.05) is 23.1 Å². The number of nitrogens with two attached hydrogens (primary N) is 2. The molecule has 0 amide bonds. The third-order valence-corrected chi connectivity index (χ3v) is 3.70. The van der Waals surface area contributed by atoms with Crippen LogP contribution in [0.5, 0.6) is 0 Å². The summed E-state index contributed by atoms with van der Waals surface area (Å²) >= 11 is 0. The van der Waals surface area contributed by atoms with Gasteiger partial charge >= 0.3 is 0 Å². The molecule has 1 heterocycles. The molecule has 5 heteroatoms. The highest BCUT2D eigenvalue weighted by molar-refractivity contribution is 5.80. The zero-order chi connectivity index (χ0) is 13.6. The number of anilines is 3. The number of hydrogen-bond acceptors (Lipinski definition) is 5. The van der Waals surface area contributed by atoms with Gasteiger partial charge in [0, 0.05) is 18.8 Å². The van der Waals surface area contributed by atoms with Gasteiger partial charge in [-0.25, -0.2) is 0 Å². The molecule has 0 fully saturated rings. The quantitative estimate of drug-likeness (QED) is 0.760. The van der Waals surface area contributed by atoms with Crippen molar-refractivity contribution >= 4 is 17.1 Å². The van der Waals surface area contributed by atoms with E-state index in [0.717, 1.165) is 29.7 Å². The first kappa shape index (κ1) is 11.9. The van der Waals surface area contributed by atoms with Gasteiger partial charge in [0.15, 0.2) is 0 Å². The predicted molar refractivity (Wildman–Crippen MR) is 75.4 cm³/mol. The standard InChI is InChI=1S/C14H15N3O2/c15-7-8-3-4-9-2-1-5-17(10(9)6-8)12-11(16)13(18)14(12)19/h3-4,6H,1-2,5,7,15-16H2. The fraction of sp³-hybridized carbons (Fsp3) is 0.286. The molecule has 1 aliphatic heterocycles. The van der Waals surface area contributed by atoms with Crippen LogP contribution in [0.3, 0.4) is 0 Å². The number of nitrogen functional groups attached to an aromatic ring is 1. The SMILES string of the molecule is NCc1ccc2c(c1)N(c1c(N)c(=O)c1=O)CCC2. The van der Waals surface area contributed by atoms with Gasteiger partial charge in [0.25, 0.3) is 10.9 Å². The molecule has 0 spiro atoms. The van der Waals surface area contributed by atoms with Crippen molar-refractivity contribution in [1.82, 2.24) is 0 Å². The summed E-state index contributed by atoms with van der Waals surface area (Å²) < 4.78 is 0. The Balaban J connectivity index is 2.12. The van der Waals surface area contributed by atoms with E-state index >= 15 is 0 Å². The topological polar surface area (TPSA) is 89.4 Å². The zero-order valence-electron chi connectivity index (χ0n) is 10.5. The first-order valence-corrected chi connectivity index (χ1v) is 6.31. The average Bonchev–Trinajstić information content (AvgIpc) is 2.46. The van der Waals surface area contributed by atoms with Crippen molar-refractivity contribution in [3.05, 3.63) is 49.8 Å². The Bertz CT molecular complexity index is 714. The minimum absolute atomic E-state index is 0.0796. The Morgan fingerprint density at radius 3 is 2.68 bits per heavy atom. The number of fused-ring (bicyclic) bond motifs is 1. The third-order valence-electron chi connectivity index (χ3n) is 3.70. The van der Waals surface area contributed by atoms with Crippen molar-refractivity contribution < 1.29 is 0 Å². The molecule has 1 aliphatic rings. The lowest BCUT2D eigenvalue weighted by atomic mass is 9.98. The number of aryl methyl sites for hydroxylation is 1. The van der Waals surface area contributed by atoms with Gasteiger partial charge in [0.1, 0.15) is 11.4 Å². The Labute approximate surface area is 110 Å². The summed E-state index contributed by atoms with van der Waals surface area (Å²) in [5.74, 6) is 0. The van der Waals surface area contributed by atoms with Gasteiger partial charge in [-0.1, -0.05) is 12.1 Å². The van der Waals surface area contributed by atoms with Crippen LogP contribution in [0.2, 0.25) is 0 Å². The number of benzene rings is 1. The third kappa shape index (κ3) is 1.66. The molecule has 3 rings (SSSR count). The van der Waals surface area contributed by atoms with E-state index in [4.69, 9.17) is 11.5 Å². The zero-order valence-corrected chi connectivity index (χ0v) is 10.5. The van der Waals surface area contributed by atoms with E-state index in [1.54, 1.807) is 0 Å². The molecular formula is C14H15N3O2. The molecule has 0 saturated heterocycles. The molecule has 0 unspecified atom stereocenters. The first-order valence-electron chi connectivity index (χ1n) is 6.31. The molecule has 0 radical (unpaired) electrons. The summed E-state index contributed by atoms with van der Waals surface area (Å²) in [6.45, 7) is 1.15. The Hall–Kier alpha value is -2.14. The normalized spacial score (nSPS) is 14.7. The summed E-state index contributed by atoms with van der Waals surface area (Å²) in [5, 5.41) is 0. The van der Waals surface area contributed by atoms with Crippen molar-refractivity contribution in [3.63, 3.8) is 0 Å². The van der Waals surface area contributed by atoms with Crippen LogP contribution in [0.1, 0.15) is 17.5 Å². The van der Waals surface area contributed by atoms with Crippen molar-refractivity contribution in [2.24, 2.45) is 5.73 Å². The Kier molecular flexibility index (Phi) is 2.64. The summed E-state index contributed by atoms with van der Waals surface area (Å²) in [5.41, 5.74) is 13.8. The van der Waals surface area contributed by atoms with Gasteiger partial charge in [0.2, 0.25) is 0 Å². The maximum absolute atomic E-state index is 11.7. The van der Waals surface area contributed by atoms with Gasteiger partial charge < -0.3 is 16.4 Å². The van der Waals surface area contributed by atoms with Crippen LogP contribution in [0, 0.1) is 0 Å². The molecule has 0 bridgehead atoms. The smallest absolute Gasteiger partial charge is 0.253 e. The predicted octanol–water partition coefficient (Wildman–Crippen LogP) is 0.408. The minimum atomic E-state index is -0.572. The lowest BCUT2D eigenvalue weighted by Crippen LogP contribution is -2.42. The molecule has 0 atom stereocenters. The summed E-state index contributed by atoms with van der Waals surface area (Å²) in [7, 11) is 0. The molecule has 0 aliphatic carbocycles. The number of rotatable bonds is 2. The Morgan fingerprint density at radius 2 is 2.00 bits per heavy atom. The molecular weight excluding hydrogens is 242 g/mol. The van der Waals surface area contributed by atoms with Gasteiger partial charge in [-0.3, -0.25) is 9.59 Å². The molecule has 4 N–H and O–H groups in total. The molecule has 5 nitrogen and oxygen atoms in total. The molecule has 19 heavy (non-hydrogen) atoms. The molecule has 0 saturated carbocycles. The molecule has 2 aromatic rings. The number of hydrogen-bond donors (Lipinski definition) is 2. The van der Waals surface area contributed by atoms with Gasteiger partial charge in [-0.15, -0.1) is 0 Å². The Morgan fingerprint density at radius 1 is 1.21 bits per heavy atom. The van der Waals surface area contributed by atoms with Crippen LogP contribution in [0.15, 0.2) is 27.8 Å². The van der Waals surface area contributed by atoms with E-state index in [9.17, 15) is 9.59 Å². The second-order valence-electron chi connectivity index (χ2n) is 4.84. The highest BCUT2D eigenvalue weighted by atomic mass is 16.2. The molecule has 0 aromatic heterocycles. The van der Waals surface area contributed by atoms with Gasteiger partial charge in [0.05, 0.1) is 0 Å². The van der Waals surface area contributed by atoms with E-state index in [0.29, 0.717) is 18.8 Å². The van der Waals surface area contributed by atoms with Crippen molar-refractivity contribution in [1.29, 1.82) is 0 Å². The van der Waals surface area contributed by atoms with Crippen molar-refractivity contribution in [3.8, 4) is 0 Å². The van der Waals surface area contributed by atoms with Gasteiger partial charge in [-0.2, -0.15) is 0 Å². The van der Waals surface area contributed by atoms with E-state index < -0.39 is 10.9 Å². The van der Waals surface area contributed by atoms with Gasteiger partial charge in [-0.05, 0) is 30.0 Å². The van der Waals surface area contributed by atoms with Crippen LogP contribution in [0.25, 0.3) is 0 Å². The average molecular weight is 257 g/mol. The molecule has 98 valence electrons. The summed E-state index contributed by atoms with van der Waals surface area (Å²) in [4.78, 5) is 24.8. The maximum Gasteiger partial charge on any atom is 0.253 e. The van der Waals surface area contributed by atoms with Crippen molar-refractivity contribution in [2.45, 2.75) is 19.4 Å². The largest absolute Gasteiger partial charge is 0.394 e. The summed E-state index contributed by atoms with van der Waals surface area (Å²) in [6.07, 6.45) is 1.90. The monoisotopic (exact) mass is 257 g/mol. The lowest BCUT2D eigenvalue weighted by Gasteiger charge is -2.32. The van der Waals surface area contributed by atoms with Crippen molar-refractivity contribution in [2.75, 3.05) is 17.2 Å². The highest BCUT2D eigenvalue weighted by Gasteiger charge is 2.28. The second-order valence-corrected chi connectivity index (χ2v) is 4.84. The fourth-order valence-electron chi connectivity index (χ4n) is 2.64. The second kappa shape index (κ2) is 4.20. The summed E-state index contributed by atoms with van der Waals surface area (Å²) in [6, 6.07) is 6.00. The minimum Gasteiger partial charge on any atom is -0.394 e. The maximum atomic E-state index is 11.7. The van der Waals surface area contributed by atoms with E-state index in [1.165, 1.54) is 0 Å². The van der Waals surface area contributed by atoms with Crippen LogP contribution in [0.4, 0.5) is 17.1 Å². The fourth-order valence-corrected chi connectivity index (χ4v) is 2.64. The van der Waals surface area contributed by atoms with Crippen LogP contribution >= 0.6 is 0 Å². The van der Waals surface area contributed by atoms with Crippen LogP contribution in [-0.2, 0) is 13.0 Å². The van der Waals surface area contributed by atoms with Crippen LogP contribution < -0.4 is 27.2 Å². The highest BCUT2D eigenvalue weighted by Crippen LogP contribution is 2.34. The first-order chi connectivity index (χ1) is 9.13. The number of nitrogens with zero attached hydrogens (tertiary/aromatic N) is 1. The van der Waals surface area contributed by atoms with Crippen LogP contribution in [-0.4, -0.2) is 6.54 Å². The molecule has 2 aromatic carbocycles. The van der Waals surface area contributed by atoms with E-state index in [2.05, 4.69) is 0 Å². The lowest BCUT2D eigenvalue weighted by molar-refractivity contribution is 0.762. The van der Waals surface area contributed by atoms with E-state index in [-0.39, 0.29) is 5.69 Å².